The summed E-state index contributed by atoms with van der Waals surface area (Å²) in [6.45, 7) is 3.91. The zero-order valence-corrected chi connectivity index (χ0v) is 21.5. The van der Waals surface area contributed by atoms with E-state index in [1.807, 2.05) is 32.0 Å². The maximum absolute atomic E-state index is 13.4. The van der Waals surface area contributed by atoms with E-state index >= 15 is 0 Å². The van der Waals surface area contributed by atoms with Crippen molar-refractivity contribution in [3.05, 3.63) is 53.6 Å². The van der Waals surface area contributed by atoms with Crippen LogP contribution in [0.4, 0.5) is 29.3 Å². The summed E-state index contributed by atoms with van der Waals surface area (Å²) in [4.78, 5) is 31.1. The summed E-state index contributed by atoms with van der Waals surface area (Å²) in [5.74, 6) is -0.0845. The lowest BCUT2D eigenvalue weighted by Gasteiger charge is -2.38. The Hall–Kier alpha value is -3.47. The van der Waals surface area contributed by atoms with Crippen LogP contribution in [0, 0.1) is 5.92 Å². The zero-order valence-electron chi connectivity index (χ0n) is 21.5. The minimum Gasteiger partial charge on any atom is -0.487 e. The van der Waals surface area contributed by atoms with Crippen LogP contribution in [0.1, 0.15) is 29.8 Å². The van der Waals surface area contributed by atoms with Gasteiger partial charge in [0.05, 0.1) is 30.3 Å². The fourth-order valence-corrected chi connectivity index (χ4v) is 4.02. The first kappa shape index (κ1) is 28.1. The van der Waals surface area contributed by atoms with E-state index in [-0.39, 0.29) is 30.7 Å². The third kappa shape index (κ3) is 6.65. The number of likely N-dealkylation sites (N-methyl/N-ethyl adjacent to an activating group) is 1. The lowest BCUT2D eigenvalue weighted by Crippen LogP contribution is -2.50. The zero-order chi connectivity index (χ0) is 27.5. The van der Waals surface area contributed by atoms with Gasteiger partial charge in [-0.2, -0.15) is 13.2 Å². The summed E-state index contributed by atoms with van der Waals surface area (Å²) in [5.41, 5.74) is 0.597. The van der Waals surface area contributed by atoms with Crippen molar-refractivity contribution in [1.82, 2.24) is 9.80 Å². The summed E-state index contributed by atoms with van der Waals surface area (Å²) in [7, 11) is 5.28. The van der Waals surface area contributed by atoms with Crippen LogP contribution in [0.3, 0.4) is 0 Å². The molecule has 3 amide bonds. The van der Waals surface area contributed by atoms with E-state index in [4.69, 9.17) is 4.74 Å². The first-order valence-corrected chi connectivity index (χ1v) is 11.9. The molecule has 1 heterocycles. The number of aliphatic hydroxyl groups excluding tert-OH is 1. The van der Waals surface area contributed by atoms with Gasteiger partial charge in [0.25, 0.3) is 5.91 Å². The van der Waals surface area contributed by atoms with Crippen molar-refractivity contribution in [3.63, 3.8) is 0 Å². The molecule has 0 aromatic heterocycles. The van der Waals surface area contributed by atoms with Gasteiger partial charge in [-0.05, 0) is 49.4 Å². The van der Waals surface area contributed by atoms with Crippen LogP contribution >= 0.6 is 0 Å². The molecule has 11 heteroatoms. The van der Waals surface area contributed by atoms with Gasteiger partial charge >= 0.3 is 12.2 Å². The van der Waals surface area contributed by atoms with Gasteiger partial charge in [-0.1, -0.05) is 6.92 Å². The number of carbonyl (C=O) groups is 2. The maximum atomic E-state index is 13.4. The average Bonchev–Trinajstić information content (AvgIpc) is 2.84. The van der Waals surface area contributed by atoms with Crippen molar-refractivity contribution in [2.45, 2.75) is 32.2 Å². The summed E-state index contributed by atoms with van der Waals surface area (Å²) < 4.78 is 44.7. The number of ether oxygens (including phenoxy) is 1. The molecule has 0 spiro atoms. The van der Waals surface area contributed by atoms with Crippen molar-refractivity contribution in [2.75, 3.05) is 51.1 Å². The number of halogens is 3. The van der Waals surface area contributed by atoms with Crippen molar-refractivity contribution < 1.29 is 32.6 Å². The molecule has 3 atom stereocenters. The highest BCUT2D eigenvalue weighted by molar-refractivity contribution is 5.98. The number of amides is 3. The molecule has 37 heavy (non-hydrogen) atoms. The van der Waals surface area contributed by atoms with E-state index in [1.165, 1.54) is 17.0 Å². The number of anilines is 2. The molecule has 0 saturated heterocycles. The fourth-order valence-electron chi connectivity index (χ4n) is 4.02. The van der Waals surface area contributed by atoms with Crippen LogP contribution in [-0.2, 0) is 6.18 Å². The van der Waals surface area contributed by atoms with Gasteiger partial charge in [0, 0.05) is 45.0 Å². The number of aliphatic hydroxyl groups is 1. The minimum absolute atomic E-state index is 0.151. The quantitative estimate of drug-likeness (QED) is 0.595. The number of nitrogens with one attached hydrogen (secondary N) is 1. The van der Waals surface area contributed by atoms with Crippen molar-refractivity contribution >= 4 is 23.3 Å². The number of nitrogens with zero attached hydrogens (tertiary/aromatic N) is 3. The molecule has 1 aliphatic rings. The van der Waals surface area contributed by atoms with Crippen LogP contribution in [-0.4, -0.2) is 79.8 Å². The number of hydrogen-bond acceptors (Lipinski definition) is 5. The molecule has 2 N–H and O–H groups in total. The number of hydrogen-bond donors (Lipinski definition) is 2. The normalized spacial score (nSPS) is 18.7. The number of alkyl halides is 3. The fraction of sp³-hybridized carbons (Fsp3) is 0.462. The molecule has 0 fully saturated rings. The Balaban J connectivity index is 1.81. The van der Waals surface area contributed by atoms with E-state index in [2.05, 4.69) is 5.32 Å². The number of carbonyl (C=O) groups excluding carboxylic acids is 2. The van der Waals surface area contributed by atoms with Crippen LogP contribution in [0.25, 0.3) is 0 Å². The van der Waals surface area contributed by atoms with E-state index in [0.29, 0.717) is 17.9 Å². The number of benzene rings is 2. The van der Waals surface area contributed by atoms with Crippen LogP contribution in [0.15, 0.2) is 42.5 Å². The molecule has 0 unspecified atom stereocenters. The summed E-state index contributed by atoms with van der Waals surface area (Å²) in [6.07, 6.45) is -4.97. The Morgan fingerprint density at radius 3 is 2.41 bits per heavy atom. The molecule has 1 aliphatic heterocycles. The third-order valence-electron chi connectivity index (χ3n) is 6.43. The SMILES string of the molecule is C[C@@H]1CN([C@@H](C)CO)C(=O)c2cc(N(C)C)ccc2O[C@H]1CN(C)C(=O)Nc1ccc(C(F)(F)F)cc1. The molecule has 0 saturated carbocycles. The van der Waals surface area contributed by atoms with E-state index in [9.17, 15) is 27.9 Å². The third-order valence-corrected chi connectivity index (χ3v) is 6.43. The van der Waals surface area contributed by atoms with E-state index in [1.54, 1.807) is 31.0 Å². The molecule has 2 aromatic rings. The molecule has 202 valence electrons. The largest absolute Gasteiger partial charge is 0.487 e. The van der Waals surface area contributed by atoms with Gasteiger partial charge in [-0.15, -0.1) is 0 Å². The Bertz CT molecular complexity index is 1110. The van der Waals surface area contributed by atoms with Gasteiger partial charge in [0.1, 0.15) is 11.9 Å². The minimum atomic E-state index is -4.46. The van der Waals surface area contributed by atoms with Gasteiger partial charge in [-0.25, -0.2) is 4.79 Å². The standard InChI is InChI=1S/C26H33F3N4O4/c1-16-13-33(17(2)15-34)24(35)21-12-20(31(3)4)10-11-22(21)37-23(16)14-32(5)25(36)30-19-8-6-18(7-9-19)26(27,28)29/h6-12,16-17,23,34H,13-15H2,1-5H3,(H,30,36)/t16-,17+,23+/m1/s1. The summed E-state index contributed by atoms with van der Waals surface area (Å²) >= 11 is 0. The lowest BCUT2D eigenvalue weighted by molar-refractivity contribution is -0.137. The van der Waals surface area contributed by atoms with Crippen molar-refractivity contribution in [2.24, 2.45) is 5.92 Å². The Morgan fingerprint density at radius 2 is 1.84 bits per heavy atom. The van der Waals surface area contributed by atoms with E-state index in [0.717, 1.165) is 17.8 Å². The monoisotopic (exact) mass is 522 g/mol. The Kier molecular flexibility index (Phi) is 8.57. The molecule has 0 bridgehead atoms. The lowest BCUT2D eigenvalue weighted by atomic mass is 9.99. The number of fused-ring (bicyclic) bond motifs is 1. The van der Waals surface area contributed by atoms with Crippen LogP contribution in [0.2, 0.25) is 0 Å². The van der Waals surface area contributed by atoms with Gasteiger partial charge in [0.15, 0.2) is 0 Å². The maximum Gasteiger partial charge on any atom is 0.416 e. The second-order valence-corrected chi connectivity index (χ2v) is 9.58. The average molecular weight is 523 g/mol. The molecule has 2 aromatic carbocycles. The predicted octanol–water partition coefficient (Wildman–Crippen LogP) is 4.16. The Morgan fingerprint density at radius 1 is 1.19 bits per heavy atom. The number of rotatable bonds is 6. The smallest absolute Gasteiger partial charge is 0.416 e. The van der Waals surface area contributed by atoms with E-state index < -0.39 is 29.9 Å². The molecular weight excluding hydrogens is 489 g/mol. The van der Waals surface area contributed by atoms with Crippen molar-refractivity contribution in [1.29, 1.82) is 0 Å². The number of urea groups is 1. The predicted molar refractivity (Wildman–Crippen MR) is 135 cm³/mol. The van der Waals surface area contributed by atoms with Crippen molar-refractivity contribution in [3.8, 4) is 5.75 Å². The molecule has 8 nitrogen and oxygen atoms in total. The first-order valence-electron chi connectivity index (χ1n) is 11.9. The molecule has 0 aliphatic carbocycles. The second kappa shape index (κ2) is 11.3. The van der Waals surface area contributed by atoms with Gasteiger partial charge in [0.2, 0.25) is 0 Å². The van der Waals surface area contributed by atoms with Crippen LogP contribution in [0.5, 0.6) is 5.75 Å². The summed E-state index contributed by atoms with van der Waals surface area (Å²) in [5, 5.41) is 12.4. The Labute approximate surface area is 214 Å². The molecular formula is C26H33F3N4O4. The molecule has 3 rings (SSSR count). The van der Waals surface area contributed by atoms with Gasteiger partial charge in [-0.3, -0.25) is 4.79 Å². The highest BCUT2D eigenvalue weighted by atomic mass is 19.4. The van der Waals surface area contributed by atoms with Crippen LogP contribution < -0.4 is 15.0 Å². The molecule has 0 radical (unpaired) electrons. The summed E-state index contributed by atoms with van der Waals surface area (Å²) in [6, 6.07) is 8.55. The second-order valence-electron chi connectivity index (χ2n) is 9.58. The highest BCUT2D eigenvalue weighted by Crippen LogP contribution is 2.32. The first-order chi connectivity index (χ1) is 17.3. The highest BCUT2D eigenvalue weighted by Gasteiger charge is 2.34. The topological polar surface area (TPSA) is 85.4 Å². The van der Waals surface area contributed by atoms with Gasteiger partial charge < -0.3 is 29.9 Å².